The summed E-state index contributed by atoms with van der Waals surface area (Å²) in [7, 11) is 4.88. The summed E-state index contributed by atoms with van der Waals surface area (Å²) < 4.78 is 30.0. The second-order valence-electron chi connectivity index (χ2n) is 7.59. The number of carbonyl (C=O) groups excluding carboxylic acids is 4. The summed E-state index contributed by atoms with van der Waals surface area (Å²) >= 11 is 0. The molecule has 0 aliphatic carbocycles. The van der Waals surface area contributed by atoms with E-state index < -0.39 is 35.7 Å². The molecule has 0 bridgehead atoms. The molecule has 0 saturated heterocycles. The fourth-order valence-corrected chi connectivity index (χ4v) is 3.33. The van der Waals surface area contributed by atoms with Crippen molar-refractivity contribution < 1.29 is 47.6 Å². The van der Waals surface area contributed by atoms with Gasteiger partial charge in [-0.3, -0.25) is 19.2 Å². The maximum Gasteiger partial charge on any atom is 0.320 e. The average Bonchev–Trinajstić information content (AvgIpc) is 2.92. The van der Waals surface area contributed by atoms with E-state index in [9.17, 15) is 19.2 Å². The number of hydrogen-bond donors (Lipinski definition) is 0. The number of hydrogen-bond acceptors (Lipinski definition) is 10. The SMILES string of the molecule is COC(=O)C(Cc1ccc(OCCOc2ccc(CC(C(=O)OC)C(=O)OC)cc2)cc1)C(=O)OC. The van der Waals surface area contributed by atoms with Crippen LogP contribution in [0.25, 0.3) is 0 Å². The molecule has 2 aromatic rings. The van der Waals surface area contributed by atoms with Gasteiger partial charge in [0.2, 0.25) is 0 Å². The van der Waals surface area contributed by atoms with E-state index in [-0.39, 0.29) is 26.1 Å². The Morgan fingerprint density at radius 2 is 0.806 bits per heavy atom. The van der Waals surface area contributed by atoms with Gasteiger partial charge in [-0.2, -0.15) is 0 Å². The third-order valence-corrected chi connectivity index (χ3v) is 5.29. The summed E-state index contributed by atoms with van der Waals surface area (Å²) in [5, 5.41) is 0. The summed E-state index contributed by atoms with van der Waals surface area (Å²) in [6.45, 7) is 0.557. The summed E-state index contributed by atoms with van der Waals surface area (Å²) in [4.78, 5) is 47.3. The van der Waals surface area contributed by atoms with Gasteiger partial charge in [0, 0.05) is 0 Å². The third-order valence-electron chi connectivity index (χ3n) is 5.29. The van der Waals surface area contributed by atoms with Crippen molar-refractivity contribution in [3.05, 3.63) is 59.7 Å². The highest BCUT2D eigenvalue weighted by atomic mass is 16.6. The zero-order chi connectivity index (χ0) is 26.5. The quantitative estimate of drug-likeness (QED) is 0.174. The van der Waals surface area contributed by atoms with Crippen LogP contribution in [0.15, 0.2) is 48.5 Å². The second-order valence-corrected chi connectivity index (χ2v) is 7.59. The van der Waals surface area contributed by atoms with Gasteiger partial charge in [0.15, 0.2) is 11.8 Å². The molecule has 0 unspecified atom stereocenters. The summed E-state index contributed by atoms with van der Waals surface area (Å²) in [6, 6.07) is 13.9. The van der Waals surface area contributed by atoms with E-state index in [1.165, 1.54) is 28.4 Å². The van der Waals surface area contributed by atoms with Crippen LogP contribution in [0.4, 0.5) is 0 Å². The lowest BCUT2D eigenvalue weighted by atomic mass is 9.99. The number of carbonyl (C=O) groups is 4. The van der Waals surface area contributed by atoms with Gasteiger partial charge in [0.05, 0.1) is 28.4 Å². The lowest BCUT2D eigenvalue weighted by Gasteiger charge is -2.13. The highest BCUT2D eigenvalue weighted by molar-refractivity contribution is 5.95. The van der Waals surface area contributed by atoms with Crippen molar-refractivity contribution in [2.75, 3.05) is 41.7 Å². The van der Waals surface area contributed by atoms with Gasteiger partial charge in [-0.25, -0.2) is 0 Å². The zero-order valence-electron chi connectivity index (χ0n) is 20.7. The first-order valence-electron chi connectivity index (χ1n) is 11.1. The molecule has 0 atom stereocenters. The summed E-state index contributed by atoms with van der Waals surface area (Å²) in [5.41, 5.74) is 1.50. The molecule has 0 fully saturated rings. The Morgan fingerprint density at radius 3 is 1.06 bits per heavy atom. The summed E-state index contributed by atoms with van der Waals surface area (Å²) in [5.74, 6) is -3.47. The van der Waals surface area contributed by atoms with Gasteiger partial charge >= 0.3 is 23.9 Å². The standard InChI is InChI=1S/C26H30O10/c1-31-23(27)21(24(28)32-2)15-17-5-9-19(10-6-17)35-13-14-36-20-11-7-18(8-12-20)16-22(25(29)33-3)26(30)34-4/h5-12,21-22H,13-16H2,1-4H3. The van der Waals surface area contributed by atoms with Crippen molar-refractivity contribution in [1.29, 1.82) is 0 Å². The second kappa shape index (κ2) is 14.3. The highest BCUT2D eigenvalue weighted by Gasteiger charge is 2.29. The van der Waals surface area contributed by atoms with E-state index >= 15 is 0 Å². The largest absolute Gasteiger partial charge is 0.490 e. The fourth-order valence-electron chi connectivity index (χ4n) is 3.33. The van der Waals surface area contributed by atoms with Crippen molar-refractivity contribution in [3.8, 4) is 11.5 Å². The van der Waals surface area contributed by atoms with E-state index in [4.69, 9.17) is 9.47 Å². The molecule has 0 radical (unpaired) electrons. The van der Waals surface area contributed by atoms with Crippen LogP contribution in [-0.2, 0) is 51.0 Å². The van der Waals surface area contributed by atoms with E-state index in [1.807, 2.05) is 0 Å². The van der Waals surface area contributed by atoms with E-state index in [0.29, 0.717) is 11.5 Å². The average molecular weight is 503 g/mol. The van der Waals surface area contributed by atoms with Crippen LogP contribution < -0.4 is 9.47 Å². The van der Waals surface area contributed by atoms with Gasteiger partial charge in [-0.1, -0.05) is 24.3 Å². The molecule has 0 N–H and O–H groups in total. The van der Waals surface area contributed by atoms with Crippen LogP contribution in [0.3, 0.4) is 0 Å². The molecule has 0 aliphatic heterocycles. The molecule has 2 aromatic carbocycles. The monoisotopic (exact) mass is 502 g/mol. The number of esters is 4. The first kappa shape index (κ1) is 28.2. The zero-order valence-corrected chi connectivity index (χ0v) is 20.7. The van der Waals surface area contributed by atoms with Crippen molar-refractivity contribution in [2.45, 2.75) is 12.8 Å². The third kappa shape index (κ3) is 8.30. The molecule has 0 aromatic heterocycles. The highest BCUT2D eigenvalue weighted by Crippen LogP contribution is 2.19. The number of methoxy groups -OCH3 is 4. The van der Waals surface area contributed by atoms with Crippen molar-refractivity contribution in [3.63, 3.8) is 0 Å². The molecule has 10 heteroatoms. The van der Waals surface area contributed by atoms with Gasteiger partial charge < -0.3 is 28.4 Å². The molecule has 0 heterocycles. The Kier molecular flexibility index (Phi) is 11.2. The van der Waals surface area contributed by atoms with Gasteiger partial charge in [0.25, 0.3) is 0 Å². The molecule has 36 heavy (non-hydrogen) atoms. The Bertz CT molecular complexity index is 899. The minimum absolute atomic E-state index is 0.152. The minimum Gasteiger partial charge on any atom is -0.490 e. The van der Waals surface area contributed by atoms with Crippen molar-refractivity contribution >= 4 is 23.9 Å². The number of rotatable bonds is 13. The normalized spacial score (nSPS) is 10.5. The maximum atomic E-state index is 11.8. The number of ether oxygens (including phenoxy) is 6. The topological polar surface area (TPSA) is 124 Å². The van der Waals surface area contributed by atoms with Gasteiger partial charge in [-0.05, 0) is 48.2 Å². The molecule has 2 rings (SSSR count). The Hall–Kier alpha value is -4.08. The van der Waals surface area contributed by atoms with Gasteiger partial charge in [0.1, 0.15) is 24.7 Å². The Balaban J connectivity index is 1.82. The molecule has 0 aliphatic rings. The van der Waals surface area contributed by atoms with Crippen LogP contribution in [0.1, 0.15) is 11.1 Å². The van der Waals surface area contributed by atoms with Crippen LogP contribution in [0, 0.1) is 11.8 Å². The minimum atomic E-state index is -1.03. The molecule has 10 nitrogen and oxygen atoms in total. The van der Waals surface area contributed by atoms with Crippen LogP contribution in [0.2, 0.25) is 0 Å². The number of benzene rings is 2. The van der Waals surface area contributed by atoms with Crippen LogP contribution in [0.5, 0.6) is 11.5 Å². The molecule has 0 amide bonds. The fraction of sp³-hybridized carbons (Fsp3) is 0.385. The van der Waals surface area contributed by atoms with Crippen LogP contribution in [-0.4, -0.2) is 65.5 Å². The van der Waals surface area contributed by atoms with Gasteiger partial charge in [-0.15, -0.1) is 0 Å². The predicted octanol–water partition coefficient (Wildman–Crippen LogP) is 2.15. The van der Waals surface area contributed by atoms with E-state index in [1.54, 1.807) is 48.5 Å². The molecule has 0 saturated carbocycles. The predicted molar refractivity (Wildman–Crippen MR) is 126 cm³/mol. The molecule has 0 spiro atoms. The van der Waals surface area contributed by atoms with E-state index in [2.05, 4.69) is 18.9 Å². The smallest absolute Gasteiger partial charge is 0.320 e. The Labute approximate surface area is 209 Å². The lowest BCUT2D eigenvalue weighted by Crippen LogP contribution is -2.28. The molecular formula is C26H30O10. The first-order valence-corrected chi connectivity index (χ1v) is 11.1. The van der Waals surface area contributed by atoms with Crippen molar-refractivity contribution in [2.24, 2.45) is 11.8 Å². The summed E-state index contributed by atoms with van der Waals surface area (Å²) in [6.07, 6.45) is 0.303. The van der Waals surface area contributed by atoms with E-state index in [0.717, 1.165) is 11.1 Å². The lowest BCUT2D eigenvalue weighted by molar-refractivity contribution is -0.160. The first-order chi connectivity index (χ1) is 17.3. The molecule has 194 valence electrons. The van der Waals surface area contributed by atoms with Crippen LogP contribution >= 0.6 is 0 Å². The molecular weight excluding hydrogens is 472 g/mol. The Morgan fingerprint density at radius 1 is 0.528 bits per heavy atom. The van der Waals surface area contributed by atoms with Crippen molar-refractivity contribution in [1.82, 2.24) is 0 Å². The maximum absolute atomic E-state index is 11.8.